The molecular weight excluding hydrogens is 288 g/mol. The molecular formula is C11H15BrN2O3. The van der Waals surface area contributed by atoms with E-state index in [1.165, 1.54) is 7.11 Å². The van der Waals surface area contributed by atoms with Crippen LogP contribution in [0, 0.1) is 0 Å². The zero-order chi connectivity index (χ0) is 12.7. The number of esters is 1. The van der Waals surface area contributed by atoms with E-state index >= 15 is 0 Å². The van der Waals surface area contributed by atoms with Gasteiger partial charge in [0.2, 0.25) is 0 Å². The highest BCUT2D eigenvalue weighted by molar-refractivity contribution is 9.10. The fourth-order valence-corrected chi connectivity index (χ4v) is 1.52. The van der Waals surface area contributed by atoms with E-state index in [2.05, 4.69) is 26.2 Å². The van der Waals surface area contributed by atoms with Gasteiger partial charge < -0.3 is 9.47 Å². The number of rotatable bonds is 6. The van der Waals surface area contributed by atoms with E-state index in [0.29, 0.717) is 18.8 Å². The van der Waals surface area contributed by atoms with Crippen molar-refractivity contribution in [3.63, 3.8) is 0 Å². The van der Waals surface area contributed by atoms with Crippen LogP contribution in [0.1, 0.15) is 11.7 Å². The summed E-state index contributed by atoms with van der Waals surface area (Å²) in [5, 5.41) is 3.03. The molecule has 1 atom stereocenters. The lowest BCUT2D eigenvalue weighted by Gasteiger charge is -2.15. The van der Waals surface area contributed by atoms with Crippen LogP contribution in [0.4, 0.5) is 0 Å². The van der Waals surface area contributed by atoms with Crippen molar-refractivity contribution >= 4 is 21.9 Å². The molecule has 1 rings (SSSR count). The van der Waals surface area contributed by atoms with Gasteiger partial charge in [0.1, 0.15) is 6.04 Å². The fourth-order valence-electron chi connectivity index (χ4n) is 1.29. The van der Waals surface area contributed by atoms with Gasteiger partial charge in [-0.1, -0.05) is 0 Å². The molecule has 6 heteroatoms. The van der Waals surface area contributed by atoms with Crippen molar-refractivity contribution in [1.29, 1.82) is 0 Å². The highest BCUT2D eigenvalue weighted by atomic mass is 79.9. The molecule has 0 fully saturated rings. The van der Waals surface area contributed by atoms with Gasteiger partial charge in [-0.15, -0.1) is 0 Å². The molecule has 1 heterocycles. The molecule has 0 aliphatic carbocycles. The smallest absolute Gasteiger partial charge is 0.329 e. The van der Waals surface area contributed by atoms with Gasteiger partial charge in [0.05, 0.1) is 19.4 Å². The number of carbonyl (C=O) groups excluding carboxylic acids is 1. The molecule has 1 N–H and O–H groups in total. The van der Waals surface area contributed by atoms with Crippen LogP contribution < -0.4 is 5.32 Å². The molecule has 94 valence electrons. The second-order valence-electron chi connectivity index (χ2n) is 3.30. The Morgan fingerprint density at radius 1 is 1.53 bits per heavy atom. The minimum Gasteiger partial charge on any atom is -0.468 e. The monoisotopic (exact) mass is 302 g/mol. The average molecular weight is 303 g/mol. The summed E-state index contributed by atoms with van der Waals surface area (Å²) in [5.74, 6) is -0.365. The van der Waals surface area contributed by atoms with Crippen LogP contribution in [0.3, 0.4) is 0 Å². The molecule has 1 aromatic heterocycles. The number of halogens is 1. The molecule has 0 spiro atoms. The molecule has 17 heavy (non-hydrogen) atoms. The first kappa shape index (κ1) is 14.1. The third-order valence-corrected chi connectivity index (χ3v) is 2.61. The summed E-state index contributed by atoms with van der Waals surface area (Å²) < 4.78 is 10.5. The van der Waals surface area contributed by atoms with Gasteiger partial charge in [-0.2, -0.15) is 0 Å². The van der Waals surface area contributed by atoms with Gasteiger partial charge in [0, 0.05) is 24.3 Å². The number of nitrogens with one attached hydrogen (secondary N) is 1. The Hall–Kier alpha value is -0.980. The number of pyridine rings is 1. The van der Waals surface area contributed by atoms with E-state index in [-0.39, 0.29) is 5.97 Å². The van der Waals surface area contributed by atoms with Crippen molar-refractivity contribution in [1.82, 2.24) is 10.3 Å². The molecule has 0 amide bonds. The van der Waals surface area contributed by atoms with Crippen LogP contribution in [0.15, 0.2) is 22.8 Å². The maximum atomic E-state index is 11.6. The normalized spacial score (nSPS) is 12.2. The lowest BCUT2D eigenvalue weighted by Crippen LogP contribution is -2.32. The van der Waals surface area contributed by atoms with Crippen LogP contribution in [-0.4, -0.2) is 38.3 Å². The number of carbonyl (C=O) groups is 1. The van der Waals surface area contributed by atoms with Gasteiger partial charge >= 0.3 is 5.97 Å². The summed E-state index contributed by atoms with van der Waals surface area (Å²) in [6.45, 7) is 1.07. The molecule has 5 nitrogen and oxygen atoms in total. The molecule has 0 bridgehead atoms. The number of hydrogen-bond acceptors (Lipinski definition) is 5. The maximum Gasteiger partial charge on any atom is 0.329 e. The summed E-state index contributed by atoms with van der Waals surface area (Å²) >= 11 is 3.29. The van der Waals surface area contributed by atoms with Gasteiger partial charge in [0.15, 0.2) is 0 Å². The molecule has 1 unspecified atom stereocenters. The summed E-state index contributed by atoms with van der Waals surface area (Å²) in [6.07, 6.45) is 1.64. The van der Waals surface area contributed by atoms with Crippen molar-refractivity contribution < 1.29 is 14.3 Å². The van der Waals surface area contributed by atoms with Crippen LogP contribution in [0.25, 0.3) is 0 Å². The summed E-state index contributed by atoms with van der Waals surface area (Å²) in [7, 11) is 2.96. The zero-order valence-corrected chi connectivity index (χ0v) is 11.4. The van der Waals surface area contributed by atoms with Crippen molar-refractivity contribution in [2.45, 2.75) is 6.04 Å². The number of aromatic nitrogens is 1. The Balaban J connectivity index is 2.74. The Kier molecular flexibility index (Phi) is 6.10. The van der Waals surface area contributed by atoms with Crippen LogP contribution >= 0.6 is 15.9 Å². The van der Waals surface area contributed by atoms with E-state index in [1.54, 1.807) is 19.4 Å². The molecule has 1 aromatic rings. The van der Waals surface area contributed by atoms with Crippen molar-refractivity contribution in [3.05, 3.63) is 28.5 Å². The Morgan fingerprint density at radius 3 is 2.82 bits per heavy atom. The number of hydrogen-bond donors (Lipinski definition) is 1. The van der Waals surface area contributed by atoms with Crippen LogP contribution in [-0.2, 0) is 14.3 Å². The SMILES string of the molecule is COCCNC(C(=O)OC)c1ccc(Br)cn1. The molecule has 0 aliphatic rings. The largest absolute Gasteiger partial charge is 0.468 e. The number of nitrogens with zero attached hydrogens (tertiary/aromatic N) is 1. The minimum absolute atomic E-state index is 0.365. The predicted molar refractivity (Wildman–Crippen MR) is 66.6 cm³/mol. The lowest BCUT2D eigenvalue weighted by molar-refractivity contribution is -0.143. The van der Waals surface area contributed by atoms with E-state index in [0.717, 1.165) is 4.47 Å². The average Bonchev–Trinajstić information content (AvgIpc) is 2.35. The van der Waals surface area contributed by atoms with E-state index in [9.17, 15) is 4.79 Å². The minimum atomic E-state index is -0.566. The standard InChI is InChI=1S/C11H15BrN2O3/c1-16-6-5-13-10(11(15)17-2)9-4-3-8(12)7-14-9/h3-4,7,10,13H,5-6H2,1-2H3. The molecule has 0 aromatic carbocycles. The molecule has 0 aliphatic heterocycles. The second kappa shape index (κ2) is 7.37. The highest BCUT2D eigenvalue weighted by Crippen LogP contribution is 2.14. The zero-order valence-electron chi connectivity index (χ0n) is 9.77. The van der Waals surface area contributed by atoms with Crippen molar-refractivity contribution in [3.8, 4) is 0 Å². The fraction of sp³-hybridized carbons (Fsp3) is 0.455. The Morgan fingerprint density at radius 2 is 2.29 bits per heavy atom. The molecule has 0 saturated carbocycles. The first-order valence-electron chi connectivity index (χ1n) is 5.10. The van der Waals surface area contributed by atoms with Crippen molar-refractivity contribution in [2.24, 2.45) is 0 Å². The third-order valence-electron chi connectivity index (χ3n) is 2.14. The van der Waals surface area contributed by atoms with E-state index < -0.39 is 6.04 Å². The van der Waals surface area contributed by atoms with Crippen LogP contribution in [0.5, 0.6) is 0 Å². The Labute approximate surface area is 109 Å². The summed E-state index contributed by atoms with van der Waals surface area (Å²) in [6, 6.07) is 3.03. The van der Waals surface area contributed by atoms with Crippen molar-refractivity contribution in [2.75, 3.05) is 27.4 Å². The topological polar surface area (TPSA) is 60.5 Å². The maximum absolute atomic E-state index is 11.6. The van der Waals surface area contributed by atoms with E-state index in [1.807, 2.05) is 6.07 Å². The molecule has 0 saturated heterocycles. The van der Waals surface area contributed by atoms with Crippen LogP contribution in [0.2, 0.25) is 0 Å². The van der Waals surface area contributed by atoms with Gasteiger partial charge in [-0.3, -0.25) is 10.3 Å². The van der Waals surface area contributed by atoms with Gasteiger partial charge in [-0.05, 0) is 28.1 Å². The summed E-state index contributed by atoms with van der Waals surface area (Å²) in [4.78, 5) is 15.8. The van der Waals surface area contributed by atoms with E-state index in [4.69, 9.17) is 9.47 Å². The first-order valence-corrected chi connectivity index (χ1v) is 5.90. The quantitative estimate of drug-likeness (QED) is 0.634. The van der Waals surface area contributed by atoms with Gasteiger partial charge in [0.25, 0.3) is 0 Å². The number of methoxy groups -OCH3 is 2. The van der Waals surface area contributed by atoms with Gasteiger partial charge in [-0.25, -0.2) is 4.79 Å². The number of ether oxygens (including phenoxy) is 2. The lowest BCUT2D eigenvalue weighted by atomic mass is 10.2. The first-order chi connectivity index (χ1) is 8.19. The highest BCUT2D eigenvalue weighted by Gasteiger charge is 2.21. The summed E-state index contributed by atoms with van der Waals surface area (Å²) in [5.41, 5.74) is 0.621. The third kappa shape index (κ3) is 4.41. The molecule has 0 radical (unpaired) electrons. The second-order valence-corrected chi connectivity index (χ2v) is 4.22. The Bertz CT molecular complexity index is 356. The predicted octanol–water partition coefficient (Wildman–Crippen LogP) is 1.29.